The molecule has 0 unspecified atom stereocenters. The second-order valence-electron chi connectivity index (χ2n) is 5.28. The number of fused-ring (bicyclic) bond motifs is 1. The van der Waals surface area contributed by atoms with E-state index in [-0.39, 0.29) is 17.4 Å². The average Bonchev–Trinajstić information content (AvgIpc) is 3.08. The molecular formula is C16H18N2O3. The number of nitrogens with one attached hydrogen (secondary N) is 2. The Kier molecular flexibility index (Phi) is 3.64. The van der Waals surface area contributed by atoms with Crippen molar-refractivity contribution in [3.63, 3.8) is 0 Å². The quantitative estimate of drug-likeness (QED) is 0.651. The van der Waals surface area contributed by atoms with Gasteiger partial charge in [-0.05, 0) is 54.5 Å². The van der Waals surface area contributed by atoms with Crippen LogP contribution < -0.4 is 15.6 Å². The van der Waals surface area contributed by atoms with E-state index in [1.165, 1.54) is 11.1 Å². The predicted molar refractivity (Wildman–Crippen MR) is 78.5 cm³/mol. The SMILES string of the molecule is CCCOc1ccc(C=C2C(=O)NNC2=O)c2c1CCC2. The molecule has 2 N–H and O–H groups in total. The minimum Gasteiger partial charge on any atom is -0.493 e. The minimum atomic E-state index is -0.377. The summed E-state index contributed by atoms with van der Waals surface area (Å²) in [6, 6.07) is 3.87. The van der Waals surface area contributed by atoms with Crippen LogP contribution in [0.3, 0.4) is 0 Å². The first-order valence-corrected chi connectivity index (χ1v) is 7.30. The van der Waals surface area contributed by atoms with E-state index in [9.17, 15) is 9.59 Å². The largest absolute Gasteiger partial charge is 0.493 e. The van der Waals surface area contributed by atoms with Crippen LogP contribution in [0.25, 0.3) is 6.08 Å². The van der Waals surface area contributed by atoms with Crippen LogP contribution in [-0.4, -0.2) is 18.4 Å². The Balaban J connectivity index is 1.98. The van der Waals surface area contributed by atoms with Crippen molar-refractivity contribution in [2.75, 3.05) is 6.61 Å². The maximum Gasteiger partial charge on any atom is 0.275 e. The Bertz CT molecular complexity index is 617. The van der Waals surface area contributed by atoms with Gasteiger partial charge in [0.25, 0.3) is 11.8 Å². The summed E-state index contributed by atoms with van der Waals surface area (Å²) in [4.78, 5) is 23.2. The number of amides is 2. The molecule has 0 radical (unpaired) electrons. The van der Waals surface area contributed by atoms with Gasteiger partial charge in [0.05, 0.1) is 6.61 Å². The summed E-state index contributed by atoms with van der Waals surface area (Å²) < 4.78 is 5.79. The van der Waals surface area contributed by atoms with Crippen LogP contribution in [0, 0.1) is 0 Å². The van der Waals surface area contributed by atoms with Crippen molar-refractivity contribution in [2.24, 2.45) is 0 Å². The van der Waals surface area contributed by atoms with Crippen molar-refractivity contribution in [1.29, 1.82) is 0 Å². The standard InChI is InChI=1S/C16H18N2O3/c1-2-8-21-14-7-6-10(11-4-3-5-12(11)14)9-13-15(19)17-18-16(13)20/h6-7,9H,2-5,8H2,1H3,(H,17,19)(H,18,20). The molecule has 1 aliphatic carbocycles. The van der Waals surface area contributed by atoms with E-state index in [0.29, 0.717) is 6.61 Å². The van der Waals surface area contributed by atoms with Crippen LogP contribution in [0.1, 0.15) is 36.5 Å². The maximum atomic E-state index is 11.6. The summed E-state index contributed by atoms with van der Waals surface area (Å²) >= 11 is 0. The third kappa shape index (κ3) is 2.51. The lowest BCUT2D eigenvalue weighted by molar-refractivity contribution is -0.117. The fraction of sp³-hybridized carbons (Fsp3) is 0.375. The minimum absolute atomic E-state index is 0.159. The van der Waals surface area contributed by atoms with Crippen molar-refractivity contribution in [3.05, 3.63) is 34.4 Å². The molecule has 5 heteroatoms. The van der Waals surface area contributed by atoms with Crippen molar-refractivity contribution in [1.82, 2.24) is 10.9 Å². The molecule has 110 valence electrons. The molecule has 1 aliphatic heterocycles. The maximum absolute atomic E-state index is 11.6. The van der Waals surface area contributed by atoms with Crippen LogP contribution in [0.2, 0.25) is 0 Å². The molecule has 1 fully saturated rings. The Morgan fingerprint density at radius 2 is 1.86 bits per heavy atom. The molecule has 0 atom stereocenters. The molecule has 21 heavy (non-hydrogen) atoms. The summed E-state index contributed by atoms with van der Waals surface area (Å²) in [5, 5.41) is 0. The van der Waals surface area contributed by atoms with E-state index in [0.717, 1.165) is 37.0 Å². The van der Waals surface area contributed by atoms with Gasteiger partial charge >= 0.3 is 0 Å². The number of carbonyl (C=O) groups is 2. The molecule has 1 aromatic carbocycles. The summed E-state index contributed by atoms with van der Waals surface area (Å²) in [5.41, 5.74) is 8.14. The van der Waals surface area contributed by atoms with Crippen molar-refractivity contribution < 1.29 is 14.3 Å². The number of carbonyl (C=O) groups excluding carboxylic acids is 2. The summed E-state index contributed by atoms with van der Waals surface area (Å²) in [6.07, 6.45) is 5.67. The number of hydrazine groups is 1. The van der Waals surface area contributed by atoms with Gasteiger partial charge in [-0.25, -0.2) is 0 Å². The van der Waals surface area contributed by atoms with Crippen LogP contribution in [0.15, 0.2) is 17.7 Å². The average molecular weight is 286 g/mol. The lowest BCUT2D eigenvalue weighted by Gasteiger charge is -2.12. The third-order valence-electron chi connectivity index (χ3n) is 3.82. The zero-order chi connectivity index (χ0) is 14.8. The van der Waals surface area contributed by atoms with Gasteiger partial charge < -0.3 is 4.74 Å². The molecular weight excluding hydrogens is 268 g/mol. The highest BCUT2D eigenvalue weighted by molar-refractivity contribution is 6.25. The molecule has 2 aliphatic rings. The van der Waals surface area contributed by atoms with Crippen molar-refractivity contribution in [2.45, 2.75) is 32.6 Å². The van der Waals surface area contributed by atoms with Gasteiger partial charge in [0.15, 0.2) is 0 Å². The van der Waals surface area contributed by atoms with Crippen LogP contribution >= 0.6 is 0 Å². The second-order valence-corrected chi connectivity index (χ2v) is 5.28. The van der Waals surface area contributed by atoms with E-state index < -0.39 is 0 Å². The predicted octanol–water partition coefficient (Wildman–Crippen LogP) is 1.51. The number of hydrogen-bond acceptors (Lipinski definition) is 3. The zero-order valence-electron chi connectivity index (χ0n) is 12.0. The van der Waals surface area contributed by atoms with Gasteiger partial charge in [-0.1, -0.05) is 13.0 Å². The molecule has 5 nitrogen and oxygen atoms in total. The Labute approximate surface area is 123 Å². The number of benzene rings is 1. The Hall–Kier alpha value is -2.30. The number of rotatable bonds is 4. The molecule has 0 spiro atoms. The van der Waals surface area contributed by atoms with E-state index in [1.54, 1.807) is 6.08 Å². The first-order valence-electron chi connectivity index (χ1n) is 7.30. The fourth-order valence-electron chi connectivity index (χ4n) is 2.82. The normalized spacial score (nSPS) is 16.5. The van der Waals surface area contributed by atoms with Gasteiger partial charge in [0, 0.05) is 0 Å². The van der Waals surface area contributed by atoms with Gasteiger partial charge in [-0.3, -0.25) is 20.4 Å². The summed E-state index contributed by atoms with van der Waals surface area (Å²) in [5.74, 6) is 0.183. The topological polar surface area (TPSA) is 67.4 Å². The van der Waals surface area contributed by atoms with E-state index in [4.69, 9.17) is 4.74 Å². The molecule has 0 saturated carbocycles. The first kappa shape index (κ1) is 13.7. The smallest absolute Gasteiger partial charge is 0.275 e. The third-order valence-corrected chi connectivity index (χ3v) is 3.82. The highest BCUT2D eigenvalue weighted by Gasteiger charge is 2.26. The van der Waals surface area contributed by atoms with Crippen LogP contribution in [-0.2, 0) is 22.4 Å². The van der Waals surface area contributed by atoms with Crippen molar-refractivity contribution in [3.8, 4) is 5.75 Å². The zero-order valence-corrected chi connectivity index (χ0v) is 12.0. The van der Waals surface area contributed by atoms with E-state index >= 15 is 0 Å². The Morgan fingerprint density at radius 3 is 2.57 bits per heavy atom. The summed E-state index contributed by atoms with van der Waals surface area (Å²) in [6.45, 7) is 2.79. The fourth-order valence-corrected chi connectivity index (χ4v) is 2.82. The van der Waals surface area contributed by atoms with Crippen LogP contribution in [0.4, 0.5) is 0 Å². The molecule has 2 amide bonds. The van der Waals surface area contributed by atoms with Crippen molar-refractivity contribution >= 4 is 17.9 Å². The monoisotopic (exact) mass is 286 g/mol. The second kappa shape index (κ2) is 5.60. The van der Waals surface area contributed by atoms with Gasteiger partial charge in [-0.15, -0.1) is 0 Å². The molecule has 3 rings (SSSR count). The van der Waals surface area contributed by atoms with E-state index in [1.807, 2.05) is 12.1 Å². The van der Waals surface area contributed by atoms with E-state index in [2.05, 4.69) is 17.8 Å². The summed E-state index contributed by atoms with van der Waals surface area (Å²) in [7, 11) is 0. The molecule has 0 bridgehead atoms. The van der Waals surface area contributed by atoms with Gasteiger partial charge in [0.1, 0.15) is 11.3 Å². The molecule has 1 heterocycles. The highest BCUT2D eigenvalue weighted by Crippen LogP contribution is 2.34. The van der Waals surface area contributed by atoms with Crippen LogP contribution in [0.5, 0.6) is 5.75 Å². The number of hydrogen-bond donors (Lipinski definition) is 2. The molecule has 1 aromatic rings. The Morgan fingerprint density at radius 1 is 1.14 bits per heavy atom. The van der Waals surface area contributed by atoms with Gasteiger partial charge in [-0.2, -0.15) is 0 Å². The molecule has 0 aromatic heterocycles. The first-order chi connectivity index (χ1) is 10.2. The highest BCUT2D eigenvalue weighted by atomic mass is 16.5. The lowest BCUT2D eigenvalue weighted by atomic mass is 10.00. The van der Waals surface area contributed by atoms with Gasteiger partial charge in [0.2, 0.25) is 0 Å². The lowest BCUT2D eigenvalue weighted by Crippen LogP contribution is -2.28. The number of ether oxygens (including phenoxy) is 1. The molecule has 1 saturated heterocycles.